The van der Waals surface area contributed by atoms with Crippen molar-refractivity contribution in [2.45, 2.75) is 50.7 Å². The van der Waals surface area contributed by atoms with E-state index in [1.807, 2.05) is 46.2 Å². The molecule has 2 aromatic carbocycles. The number of amides is 2. The summed E-state index contributed by atoms with van der Waals surface area (Å²) in [6.07, 6.45) is 4.04. The summed E-state index contributed by atoms with van der Waals surface area (Å²) in [5.41, 5.74) is 1.11. The fourth-order valence-electron chi connectivity index (χ4n) is 4.98. The van der Waals surface area contributed by atoms with Crippen LogP contribution in [-0.4, -0.2) is 61.1 Å². The van der Waals surface area contributed by atoms with Gasteiger partial charge in [-0.1, -0.05) is 42.8 Å². The number of likely N-dealkylation sites (tertiary alicyclic amines) is 2. The van der Waals surface area contributed by atoms with E-state index in [1.165, 1.54) is 0 Å². The Kier molecular flexibility index (Phi) is 7.37. The van der Waals surface area contributed by atoms with Gasteiger partial charge >= 0.3 is 0 Å². The van der Waals surface area contributed by atoms with Crippen molar-refractivity contribution in [3.8, 4) is 17.2 Å². The lowest BCUT2D eigenvalue weighted by Crippen LogP contribution is -2.50. The summed E-state index contributed by atoms with van der Waals surface area (Å²) in [6.45, 7) is 1.10. The van der Waals surface area contributed by atoms with E-state index in [-0.39, 0.29) is 30.5 Å². The highest BCUT2D eigenvalue weighted by Crippen LogP contribution is 2.37. The van der Waals surface area contributed by atoms with Gasteiger partial charge in [-0.15, -0.1) is 0 Å². The monoisotopic (exact) mass is 452 g/mol. The SMILES string of the molecule is COc1cccc(OC)c1OCC(=O)N1CC[C@H]2[C@H]1CCCCC(=O)N2Cc1ccccc1. The summed E-state index contributed by atoms with van der Waals surface area (Å²) in [4.78, 5) is 30.1. The molecule has 2 saturated heterocycles. The van der Waals surface area contributed by atoms with E-state index in [9.17, 15) is 9.59 Å². The van der Waals surface area contributed by atoms with Crippen LogP contribution >= 0.6 is 0 Å². The molecule has 0 N–H and O–H groups in total. The Morgan fingerprint density at radius 1 is 0.939 bits per heavy atom. The summed E-state index contributed by atoms with van der Waals surface area (Å²) in [5.74, 6) is 1.56. The normalized spacial score (nSPS) is 20.6. The Morgan fingerprint density at radius 2 is 1.67 bits per heavy atom. The van der Waals surface area contributed by atoms with E-state index in [0.29, 0.717) is 36.8 Å². The quantitative estimate of drug-likeness (QED) is 0.641. The molecule has 7 heteroatoms. The number of hydrogen-bond donors (Lipinski definition) is 0. The van der Waals surface area contributed by atoms with E-state index >= 15 is 0 Å². The molecule has 0 bridgehead atoms. The lowest BCUT2D eigenvalue weighted by atomic mass is 9.96. The van der Waals surface area contributed by atoms with Crippen molar-refractivity contribution >= 4 is 11.8 Å². The van der Waals surface area contributed by atoms with Gasteiger partial charge in [0.2, 0.25) is 11.7 Å². The second-order valence-electron chi connectivity index (χ2n) is 8.54. The van der Waals surface area contributed by atoms with Crippen LogP contribution in [0.5, 0.6) is 17.2 Å². The minimum atomic E-state index is -0.105. The van der Waals surface area contributed by atoms with Crippen molar-refractivity contribution in [3.05, 3.63) is 54.1 Å². The summed E-state index contributed by atoms with van der Waals surface area (Å²) in [6, 6.07) is 15.5. The average Bonchev–Trinajstić information content (AvgIpc) is 3.25. The molecule has 0 radical (unpaired) electrons. The smallest absolute Gasteiger partial charge is 0.260 e. The van der Waals surface area contributed by atoms with Crippen molar-refractivity contribution in [3.63, 3.8) is 0 Å². The molecule has 0 unspecified atom stereocenters. The van der Waals surface area contributed by atoms with Crippen LogP contribution in [0, 0.1) is 0 Å². The molecular weight excluding hydrogens is 420 g/mol. The number of nitrogens with zero attached hydrogens (tertiary/aromatic N) is 2. The van der Waals surface area contributed by atoms with Gasteiger partial charge < -0.3 is 24.0 Å². The lowest BCUT2D eigenvalue weighted by molar-refractivity contribution is -0.140. The molecule has 2 fully saturated rings. The number of benzene rings is 2. The van der Waals surface area contributed by atoms with Crippen LogP contribution in [0.3, 0.4) is 0 Å². The van der Waals surface area contributed by atoms with Gasteiger partial charge in [0.15, 0.2) is 18.1 Å². The van der Waals surface area contributed by atoms with Crippen LogP contribution in [0.4, 0.5) is 0 Å². The molecule has 0 aliphatic carbocycles. The molecule has 0 aromatic heterocycles. The summed E-state index contributed by atoms with van der Waals surface area (Å²) < 4.78 is 16.6. The second-order valence-corrected chi connectivity index (χ2v) is 8.54. The van der Waals surface area contributed by atoms with Gasteiger partial charge in [-0.05, 0) is 37.0 Å². The maximum atomic E-state index is 13.2. The molecule has 176 valence electrons. The highest BCUT2D eigenvalue weighted by molar-refractivity contribution is 5.80. The zero-order valence-electron chi connectivity index (χ0n) is 19.4. The molecule has 2 aliphatic heterocycles. The third kappa shape index (κ3) is 5.07. The summed E-state index contributed by atoms with van der Waals surface area (Å²) in [5, 5.41) is 0. The minimum absolute atomic E-state index is 0.00799. The molecule has 2 aliphatic rings. The van der Waals surface area contributed by atoms with Crippen LogP contribution in [-0.2, 0) is 16.1 Å². The number of methoxy groups -OCH3 is 2. The van der Waals surface area contributed by atoms with Gasteiger partial charge in [0.25, 0.3) is 5.91 Å². The average molecular weight is 453 g/mol. The molecule has 2 aromatic rings. The van der Waals surface area contributed by atoms with Gasteiger partial charge in [0, 0.05) is 19.5 Å². The molecule has 33 heavy (non-hydrogen) atoms. The first kappa shape index (κ1) is 23.0. The van der Waals surface area contributed by atoms with Crippen LogP contribution in [0.2, 0.25) is 0 Å². The van der Waals surface area contributed by atoms with Gasteiger partial charge in [-0.3, -0.25) is 9.59 Å². The van der Waals surface area contributed by atoms with Crippen LogP contribution in [0.25, 0.3) is 0 Å². The predicted molar refractivity (Wildman–Crippen MR) is 124 cm³/mol. The first-order valence-corrected chi connectivity index (χ1v) is 11.6. The van der Waals surface area contributed by atoms with Gasteiger partial charge in [-0.25, -0.2) is 0 Å². The highest BCUT2D eigenvalue weighted by atomic mass is 16.5. The van der Waals surface area contributed by atoms with Gasteiger partial charge in [0.1, 0.15) is 0 Å². The van der Waals surface area contributed by atoms with Crippen LogP contribution in [0.15, 0.2) is 48.5 Å². The molecule has 2 heterocycles. The third-order valence-electron chi connectivity index (χ3n) is 6.61. The summed E-state index contributed by atoms with van der Waals surface area (Å²) in [7, 11) is 3.11. The Balaban J connectivity index is 1.48. The Hall–Kier alpha value is -3.22. The first-order chi connectivity index (χ1) is 16.1. The standard InChI is InChI=1S/C26H32N2O5/c1-31-22-12-8-13-23(32-2)26(22)33-18-25(30)27-16-15-21-20(27)11-6-7-14-24(29)28(21)17-19-9-4-3-5-10-19/h3-5,8-10,12-13,20-21H,6-7,11,14-18H2,1-2H3/t20-,21+/m1/s1. The van der Waals surface area contributed by atoms with Crippen molar-refractivity contribution in [1.82, 2.24) is 9.80 Å². The Bertz CT molecular complexity index is 942. The number of hydrogen-bond acceptors (Lipinski definition) is 5. The van der Waals surface area contributed by atoms with Crippen molar-refractivity contribution in [2.24, 2.45) is 0 Å². The molecule has 7 nitrogen and oxygen atoms in total. The van der Waals surface area contributed by atoms with Crippen molar-refractivity contribution < 1.29 is 23.8 Å². The fourth-order valence-corrected chi connectivity index (χ4v) is 4.98. The lowest BCUT2D eigenvalue weighted by Gasteiger charge is -2.37. The maximum Gasteiger partial charge on any atom is 0.260 e. The predicted octanol–water partition coefficient (Wildman–Crippen LogP) is 3.65. The molecule has 2 amide bonds. The highest BCUT2D eigenvalue weighted by Gasteiger charge is 2.42. The molecule has 0 saturated carbocycles. The van der Waals surface area contributed by atoms with Crippen molar-refractivity contribution in [2.75, 3.05) is 27.4 Å². The largest absolute Gasteiger partial charge is 0.493 e. The first-order valence-electron chi connectivity index (χ1n) is 11.6. The second kappa shape index (κ2) is 10.6. The number of fused-ring (bicyclic) bond motifs is 1. The number of para-hydroxylation sites is 1. The van der Waals surface area contributed by atoms with E-state index < -0.39 is 0 Å². The Labute approximate surface area is 195 Å². The molecule has 4 rings (SSSR count). The zero-order valence-corrected chi connectivity index (χ0v) is 19.4. The Morgan fingerprint density at radius 3 is 2.36 bits per heavy atom. The fraction of sp³-hybridized carbons (Fsp3) is 0.462. The minimum Gasteiger partial charge on any atom is -0.493 e. The number of carbonyl (C=O) groups excluding carboxylic acids is 2. The van der Waals surface area contributed by atoms with E-state index in [4.69, 9.17) is 14.2 Å². The van der Waals surface area contributed by atoms with Gasteiger partial charge in [-0.2, -0.15) is 0 Å². The topological polar surface area (TPSA) is 68.3 Å². The maximum absolute atomic E-state index is 13.2. The van der Waals surface area contributed by atoms with Crippen LogP contribution < -0.4 is 14.2 Å². The number of rotatable bonds is 7. The molecule has 2 atom stereocenters. The number of carbonyl (C=O) groups is 2. The summed E-state index contributed by atoms with van der Waals surface area (Å²) >= 11 is 0. The van der Waals surface area contributed by atoms with Crippen molar-refractivity contribution in [1.29, 1.82) is 0 Å². The third-order valence-corrected chi connectivity index (χ3v) is 6.61. The van der Waals surface area contributed by atoms with Crippen LogP contribution in [0.1, 0.15) is 37.7 Å². The molecular formula is C26H32N2O5. The van der Waals surface area contributed by atoms with E-state index in [1.54, 1.807) is 26.4 Å². The zero-order chi connectivity index (χ0) is 23.2. The van der Waals surface area contributed by atoms with E-state index in [0.717, 1.165) is 31.2 Å². The van der Waals surface area contributed by atoms with Gasteiger partial charge in [0.05, 0.1) is 26.3 Å². The molecule has 0 spiro atoms. The number of ether oxygens (including phenoxy) is 3. The van der Waals surface area contributed by atoms with E-state index in [2.05, 4.69) is 0 Å².